The van der Waals surface area contributed by atoms with E-state index < -0.39 is 0 Å². The minimum absolute atomic E-state index is 0.0506. The third-order valence-corrected chi connectivity index (χ3v) is 3.44. The van der Waals surface area contributed by atoms with Crippen molar-refractivity contribution >= 4 is 5.91 Å². The van der Waals surface area contributed by atoms with Gasteiger partial charge < -0.3 is 14.7 Å². The normalized spacial score (nSPS) is 17.6. The largest absolute Gasteiger partial charge is 0.344 e. The van der Waals surface area contributed by atoms with E-state index in [0.29, 0.717) is 18.1 Å². The summed E-state index contributed by atoms with van der Waals surface area (Å²) in [6.45, 7) is 6.84. The van der Waals surface area contributed by atoms with Crippen LogP contribution < -0.4 is 5.32 Å². The Hall–Kier alpha value is -1.43. The van der Waals surface area contributed by atoms with Crippen molar-refractivity contribution in [3.8, 4) is 0 Å². The summed E-state index contributed by atoms with van der Waals surface area (Å²) in [5.74, 6) is 1.14. The standard InChI is InChI=1S/C13H22N4O2/c1-3-11(13-14-10(2)16-19-13)15-12(18)6-9-17-7-4-5-8-17/h11H,3-9H2,1-2H3,(H,15,18)/t11-/m0/s1. The van der Waals surface area contributed by atoms with E-state index in [1.807, 2.05) is 6.92 Å². The molecule has 0 spiro atoms. The zero-order valence-electron chi connectivity index (χ0n) is 11.7. The fourth-order valence-corrected chi connectivity index (χ4v) is 2.33. The molecule has 0 unspecified atom stereocenters. The smallest absolute Gasteiger partial charge is 0.249 e. The molecule has 2 heterocycles. The highest BCUT2D eigenvalue weighted by Crippen LogP contribution is 2.14. The van der Waals surface area contributed by atoms with Gasteiger partial charge in [-0.1, -0.05) is 12.1 Å². The first-order chi connectivity index (χ1) is 9.19. The number of hydrogen-bond acceptors (Lipinski definition) is 5. The summed E-state index contributed by atoms with van der Waals surface area (Å²) in [7, 11) is 0. The average Bonchev–Trinajstić information content (AvgIpc) is 3.04. The summed E-state index contributed by atoms with van der Waals surface area (Å²) in [5.41, 5.74) is 0. The van der Waals surface area contributed by atoms with Crippen molar-refractivity contribution in [3.63, 3.8) is 0 Å². The van der Waals surface area contributed by atoms with Gasteiger partial charge in [0.15, 0.2) is 5.82 Å². The number of aromatic nitrogens is 2. The summed E-state index contributed by atoms with van der Waals surface area (Å²) < 4.78 is 5.11. The van der Waals surface area contributed by atoms with Crippen LogP contribution in [0.25, 0.3) is 0 Å². The number of nitrogens with zero attached hydrogens (tertiary/aromatic N) is 3. The maximum Gasteiger partial charge on any atom is 0.249 e. The van der Waals surface area contributed by atoms with Gasteiger partial charge in [-0.15, -0.1) is 0 Å². The Morgan fingerprint density at radius 3 is 2.79 bits per heavy atom. The zero-order chi connectivity index (χ0) is 13.7. The lowest BCUT2D eigenvalue weighted by atomic mass is 10.2. The number of rotatable bonds is 6. The average molecular weight is 266 g/mol. The van der Waals surface area contributed by atoms with Gasteiger partial charge in [0.05, 0.1) is 0 Å². The van der Waals surface area contributed by atoms with Gasteiger partial charge in [-0.3, -0.25) is 4.79 Å². The molecule has 2 rings (SSSR count). The van der Waals surface area contributed by atoms with Crippen LogP contribution in [-0.2, 0) is 4.79 Å². The van der Waals surface area contributed by atoms with Crippen LogP contribution in [0.2, 0.25) is 0 Å². The van der Waals surface area contributed by atoms with Crippen LogP contribution >= 0.6 is 0 Å². The molecule has 0 radical (unpaired) electrons. The van der Waals surface area contributed by atoms with Crippen LogP contribution in [-0.4, -0.2) is 40.6 Å². The molecule has 1 amide bonds. The third-order valence-electron chi connectivity index (χ3n) is 3.44. The molecule has 19 heavy (non-hydrogen) atoms. The molecule has 6 heteroatoms. The fraction of sp³-hybridized carbons (Fsp3) is 0.769. The number of aryl methyl sites for hydroxylation is 1. The number of carbonyl (C=O) groups excluding carboxylic acids is 1. The van der Waals surface area contributed by atoms with Gasteiger partial charge >= 0.3 is 0 Å². The molecule has 1 fully saturated rings. The Morgan fingerprint density at radius 2 is 2.21 bits per heavy atom. The van der Waals surface area contributed by atoms with E-state index in [2.05, 4.69) is 20.4 Å². The molecule has 1 N–H and O–H groups in total. The quantitative estimate of drug-likeness (QED) is 0.843. The molecule has 0 saturated carbocycles. The molecular weight excluding hydrogens is 244 g/mol. The zero-order valence-corrected chi connectivity index (χ0v) is 11.7. The summed E-state index contributed by atoms with van der Waals surface area (Å²) >= 11 is 0. The highest BCUT2D eigenvalue weighted by molar-refractivity contribution is 5.76. The predicted molar refractivity (Wildman–Crippen MR) is 70.5 cm³/mol. The first-order valence-electron chi connectivity index (χ1n) is 7.01. The van der Waals surface area contributed by atoms with Crippen molar-refractivity contribution in [2.24, 2.45) is 0 Å². The maximum atomic E-state index is 11.9. The lowest BCUT2D eigenvalue weighted by molar-refractivity contribution is -0.122. The number of likely N-dealkylation sites (tertiary alicyclic amines) is 1. The van der Waals surface area contributed by atoms with Crippen LogP contribution in [0, 0.1) is 6.92 Å². The van der Waals surface area contributed by atoms with Crippen LogP contribution in [0.15, 0.2) is 4.52 Å². The van der Waals surface area contributed by atoms with Gasteiger partial charge in [0.1, 0.15) is 6.04 Å². The molecule has 106 valence electrons. The van der Waals surface area contributed by atoms with E-state index in [4.69, 9.17) is 4.52 Å². The van der Waals surface area contributed by atoms with Gasteiger partial charge in [0.2, 0.25) is 11.8 Å². The monoisotopic (exact) mass is 266 g/mol. The minimum atomic E-state index is -0.174. The lowest BCUT2D eigenvalue weighted by Gasteiger charge is -2.16. The molecule has 1 atom stereocenters. The molecule has 1 aromatic rings. The Bertz CT molecular complexity index is 413. The van der Waals surface area contributed by atoms with E-state index in [1.165, 1.54) is 12.8 Å². The molecule has 0 bridgehead atoms. The van der Waals surface area contributed by atoms with E-state index in [9.17, 15) is 4.79 Å². The Kier molecular flexibility index (Phi) is 4.90. The van der Waals surface area contributed by atoms with E-state index in [1.54, 1.807) is 6.92 Å². The van der Waals surface area contributed by atoms with Crippen molar-refractivity contribution in [1.29, 1.82) is 0 Å². The first kappa shape index (κ1) is 14.0. The maximum absolute atomic E-state index is 11.9. The second kappa shape index (κ2) is 6.65. The fourth-order valence-electron chi connectivity index (χ4n) is 2.33. The molecule has 6 nitrogen and oxygen atoms in total. The number of hydrogen-bond donors (Lipinski definition) is 1. The van der Waals surface area contributed by atoms with Crippen LogP contribution in [0.3, 0.4) is 0 Å². The van der Waals surface area contributed by atoms with Gasteiger partial charge in [-0.2, -0.15) is 4.98 Å². The van der Waals surface area contributed by atoms with E-state index in [0.717, 1.165) is 26.1 Å². The number of nitrogens with one attached hydrogen (secondary N) is 1. The Balaban J connectivity index is 1.79. The van der Waals surface area contributed by atoms with Crippen molar-refractivity contribution < 1.29 is 9.32 Å². The lowest BCUT2D eigenvalue weighted by Crippen LogP contribution is -2.32. The van der Waals surface area contributed by atoms with Crippen molar-refractivity contribution in [1.82, 2.24) is 20.4 Å². The van der Waals surface area contributed by atoms with Gasteiger partial charge in [0, 0.05) is 13.0 Å². The Morgan fingerprint density at radius 1 is 1.47 bits per heavy atom. The first-order valence-corrected chi connectivity index (χ1v) is 7.01. The molecule has 1 aliphatic rings. The van der Waals surface area contributed by atoms with E-state index in [-0.39, 0.29) is 11.9 Å². The van der Waals surface area contributed by atoms with Crippen molar-refractivity contribution in [3.05, 3.63) is 11.7 Å². The van der Waals surface area contributed by atoms with Gasteiger partial charge in [0.25, 0.3) is 0 Å². The van der Waals surface area contributed by atoms with Crippen LogP contribution in [0.1, 0.15) is 50.4 Å². The predicted octanol–water partition coefficient (Wildman–Crippen LogP) is 1.43. The van der Waals surface area contributed by atoms with Crippen molar-refractivity contribution in [2.45, 2.75) is 45.6 Å². The summed E-state index contributed by atoms with van der Waals surface area (Å²) in [6, 6.07) is -0.174. The van der Waals surface area contributed by atoms with Gasteiger partial charge in [-0.05, 0) is 39.3 Å². The van der Waals surface area contributed by atoms with Crippen molar-refractivity contribution in [2.75, 3.05) is 19.6 Å². The summed E-state index contributed by atoms with van der Waals surface area (Å²) in [4.78, 5) is 18.4. The molecular formula is C13H22N4O2. The number of amides is 1. The Labute approximate surface area is 113 Å². The SMILES string of the molecule is CC[C@H](NC(=O)CCN1CCCC1)c1nc(C)no1. The number of carbonyl (C=O) groups is 1. The van der Waals surface area contributed by atoms with E-state index >= 15 is 0 Å². The second-order valence-electron chi connectivity index (χ2n) is 5.01. The highest BCUT2D eigenvalue weighted by Gasteiger charge is 2.19. The molecule has 0 aliphatic carbocycles. The summed E-state index contributed by atoms with van der Waals surface area (Å²) in [6.07, 6.45) is 3.78. The van der Waals surface area contributed by atoms with Crippen LogP contribution in [0.5, 0.6) is 0 Å². The third kappa shape index (κ3) is 4.02. The molecule has 1 aliphatic heterocycles. The molecule has 0 aromatic carbocycles. The molecule has 1 saturated heterocycles. The summed E-state index contributed by atoms with van der Waals surface area (Å²) in [5, 5.41) is 6.71. The minimum Gasteiger partial charge on any atom is -0.344 e. The van der Waals surface area contributed by atoms with Gasteiger partial charge in [-0.25, -0.2) is 0 Å². The van der Waals surface area contributed by atoms with Crippen LogP contribution in [0.4, 0.5) is 0 Å². The highest BCUT2D eigenvalue weighted by atomic mass is 16.5. The second-order valence-corrected chi connectivity index (χ2v) is 5.01. The topological polar surface area (TPSA) is 71.3 Å². The molecule has 1 aromatic heterocycles.